The maximum atomic E-state index is 12.4. The molecule has 1 heterocycles. The first kappa shape index (κ1) is 18.4. The third kappa shape index (κ3) is 6.10. The van der Waals surface area contributed by atoms with E-state index in [0.29, 0.717) is 19.1 Å². The Labute approximate surface area is 151 Å². The molecule has 5 nitrogen and oxygen atoms in total. The van der Waals surface area contributed by atoms with E-state index in [2.05, 4.69) is 39.4 Å². The van der Waals surface area contributed by atoms with Gasteiger partial charge in [0.05, 0.1) is 6.54 Å². The van der Waals surface area contributed by atoms with E-state index in [1.165, 1.54) is 18.4 Å². The number of piperidine rings is 1. The van der Waals surface area contributed by atoms with Crippen LogP contribution in [0.25, 0.3) is 0 Å². The van der Waals surface area contributed by atoms with E-state index in [0.717, 1.165) is 51.5 Å². The highest BCUT2D eigenvalue weighted by molar-refractivity contribution is 5.78. The lowest BCUT2D eigenvalue weighted by atomic mass is 10.0. The highest BCUT2D eigenvalue weighted by atomic mass is 16.2. The van der Waals surface area contributed by atoms with Gasteiger partial charge in [-0.15, -0.1) is 0 Å². The Hall–Kier alpha value is -1.43. The smallest absolute Gasteiger partial charge is 0.234 e. The number of nitrogens with two attached hydrogens (primary N) is 1. The Bertz CT molecular complexity index is 524. The summed E-state index contributed by atoms with van der Waals surface area (Å²) in [6.45, 7) is 4.94. The fourth-order valence-corrected chi connectivity index (χ4v) is 3.71. The number of nitrogens with one attached hydrogen (secondary N) is 1. The molecule has 0 radical (unpaired) electrons. The summed E-state index contributed by atoms with van der Waals surface area (Å²) in [4.78, 5) is 17.2. The van der Waals surface area contributed by atoms with Crippen LogP contribution < -0.4 is 11.1 Å². The summed E-state index contributed by atoms with van der Waals surface area (Å²) in [5, 5.41) is 3.24. The first-order chi connectivity index (χ1) is 12.2. The lowest BCUT2D eigenvalue weighted by molar-refractivity contribution is -0.123. The van der Waals surface area contributed by atoms with Crippen molar-refractivity contribution in [3.05, 3.63) is 35.9 Å². The first-order valence-electron chi connectivity index (χ1n) is 9.74. The molecule has 138 valence electrons. The number of amides is 1. The van der Waals surface area contributed by atoms with Gasteiger partial charge < -0.3 is 16.0 Å². The molecular weight excluding hydrogens is 312 g/mol. The van der Waals surface area contributed by atoms with E-state index < -0.39 is 0 Å². The van der Waals surface area contributed by atoms with E-state index in [4.69, 9.17) is 5.73 Å². The molecule has 2 fully saturated rings. The molecule has 0 bridgehead atoms. The average Bonchev–Trinajstić information content (AvgIpc) is 3.46. The summed E-state index contributed by atoms with van der Waals surface area (Å²) in [7, 11) is 0. The molecule has 5 heteroatoms. The minimum atomic E-state index is 0.145. The van der Waals surface area contributed by atoms with Crippen molar-refractivity contribution in [3.8, 4) is 0 Å². The summed E-state index contributed by atoms with van der Waals surface area (Å²) in [5.41, 5.74) is 7.03. The highest BCUT2D eigenvalue weighted by Gasteiger charge is 2.32. The second kappa shape index (κ2) is 9.32. The van der Waals surface area contributed by atoms with Crippen LogP contribution in [0.4, 0.5) is 0 Å². The molecule has 1 aromatic rings. The standard InChI is InChI=1S/C20H32N4O/c21-11-15-23(12-8-17-4-2-1-3-5-17)16-20(25)22-18-9-13-24(14-10-18)19-6-7-19/h1-5,18-19H,6-16,21H2,(H,22,25). The fraction of sp³-hybridized carbons (Fsp3) is 0.650. The molecule has 3 N–H and O–H groups in total. The molecule has 0 atom stereocenters. The third-order valence-corrected chi connectivity index (χ3v) is 5.33. The largest absolute Gasteiger partial charge is 0.352 e. The topological polar surface area (TPSA) is 61.6 Å². The van der Waals surface area contributed by atoms with E-state index in [1.807, 2.05) is 6.07 Å². The van der Waals surface area contributed by atoms with Crippen molar-refractivity contribution in [2.24, 2.45) is 5.73 Å². The number of carbonyl (C=O) groups is 1. The Morgan fingerprint density at radius 2 is 1.84 bits per heavy atom. The van der Waals surface area contributed by atoms with Gasteiger partial charge in [0.1, 0.15) is 0 Å². The van der Waals surface area contributed by atoms with Crippen molar-refractivity contribution in [1.82, 2.24) is 15.1 Å². The third-order valence-electron chi connectivity index (χ3n) is 5.33. The molecule has 25 heavy (non-hydrogen) atoms. The van der Waals surface area contributed by atoms with Crippen LogP contribution in [0.1, 0.15) is 31.2 Å². The average molecular weight is 345 g/mol. The van der Waals surface area contributed by atoms with Crippen LogP contribution >= 0.6 is 0 Å². The summed E-state index contributed by atoms with van der Waals surface area (Å²) in [5.74, 6) is 0.145. The molecule has 0 unspecified atom stereocenters. The summed E-state index contributed by atoms with van der Waals surface area (Å²) < 4.78 is 0. The maximum Gasteiger partial charge on any atom is 0.234 e. The first-order valence-corrected chi connectivity index (χ1v) is 9.74. The predicted octanol–water partition coefficient (Wildman–Crippen LogP) is 1.23. The van der Waals surface area contributed by atoms with Crippen molar-refractivity contribution in [1.29, 1.82) is 0 Å². The molecule has 1 aromatic carbocycles. The fourth-order valence-electron chi connectivity index (χ4n) is 3.71. The quantitative estimate of drug-likeness (QED) is 0.707. The van der Waals surface area contributed by atoms with Gasteiger partial charge in [0.25, 0.3) is 0 Å². The lowest BCUT2D eigenvalue weighted by Crippen LogP contribution is -2.48. The minimum Gasteiger partial charge on any atom is -0.352 e. The van der Waals surface area contributed by atoms with Crippen LogP contribution in [0, 0.1) is 0 Å². The number of nitrogens with zero attached hydrogens (tertiary/aromatic N) is 2. The molecule has 3 rings (SSSR count). The predicted molar refractivity (Wildman–Crippen MR) is 101 cm³/mol. The van der Waals surface area contributed by atoms with Gasteiger partial charge >= 0.3 is 0 Å². The van der Waals surface area contributed by atoms with Gasteiger partial charge in [-0.25, -0.2) is 0 Å². The van der Waals surface area contributed by atoms with Gasteiger partial charge in [-0.1, -0.05) is 30.3 Å². The van der Waals surface area contributed by atoms with Crippen molar-refractivity contribution in [2.75, 3.05) is 39.3 Å². The molecule has 1 amide bonds. The monoisotopic (exact) mass is 344 g/mol. The number of hydrogen-bond donors (Lipinski definition) is 2. The maximum absolute atomic E-state index is 12.4. The van der Waals surface area contributed by atoms with Crippen molar-refractivity contribution < 1.29 is 4.79 Å². The van der Waals surface area contributed by atoms with Crippen LogP contribution in [0.3, 0.4) is 0 Å². The SMILES string of the molecule is NCCN(CCc1ccccc1)CC(=O)NC1CCN(C2CC2)CC1. The van der Waals surface area contributed by atoms with Crippen molar-refractivity contribution in [2.45, 2.75) is 44.2 Å². The van der Waals surface area contributed by atoms with Crippen molar-refractivity contribution in [3.63, 3.8) is 0 Å². The normalized spacial score (nSPS) is 19.3. The number of benzene rings is 1. The molecular formula is C20H32N4O. The zero-order chi connectivity index (χ0) is 17.5. The van der Waals surface area contributed by atoms with Gasteiger partial charge in [-0.3, -0.25) is 9.69 Å². The number of carbonyl (C=O) groups excluding carboxylic acids is 1. The molecule has 0 spiro atoms. The van der Waals surface area contributed by atoms with Gasteiger partial charge in [0, 0.05) is 44.8 Å². The zero-order valence-corrected chi connectivity index (χ0v) is 15.2. The summed E-state index contributed by atoms with van der Waals surface area (Å²) in [6, 6.07) is 11.6. The molecule has 1 aliphatic carbocycles. The Balaban J connectivity index is 1.39. The minimum absolute atomic E-state index is 0.145. The number of likely N-dealkylation sites (tertiary alicyclic amines) is 1. The van der Waals surface area contributed by atoms with Gasteiger partial charge in [-0.05, 0) is 37.7 Å². The van der Waals surface area contributed by atoms with E-state index >= 15 is 0 Å². The van der Waals surface area contributed by atoms with Crippen LogP contribution in [0.15, 0.2) is 30.3 Å². The number of hydrogen-bond acceptors (Lipinski definition) is 4. The second-order valence-electron chi connectivity index (χ2n) is 7.41. The molecule has 2 aliphatic rings. The molecule has 1 aliphatic heterocycles. The van der Waals surface area contributed by atoms with Crippen LogP contribution in [-0.4, -0.2) is 67.1 Å². The lowest BCUT2D eigenvalue weighted by Gasteiger charge is -2.32. The van der Waals surface area contributed by atoms with Gasteiger partial charge in [0.2, 0.25) is 5.91 Å². The van der Waals surface area contributed by atoms with Crippen LogP contribution in [0.5, 0.6) is 0 Å². The second-order valence-corrected chi connectivity index (χ2v) is 7.41. The zero-order valence-electron chi connectivity index (χ0n) is 15.2. The van der Waals surface area contributed by atoms with E-state index in [-0.39, 0.29) is 5.91 Å². The summed E-state index contributed by atoms with van der Waals surface area (Å²) in [6.07, 6.45) is 5.86. The van der Waals surface area contributed by atoms with Crippen LogP contribution in [0.2, 0.25) is 0 Å². The molecule has 1 saturated carbocycles. The molecule has 0 aromatic heterocycles. The van der Waals surface area contributed by atoms with E-state index in [1.54, 1.807) is 0 Å². The Morgan fingerprint density at radius 1 is 1.12 bits per heavy atom. The van der Waals surface area contributed by atoms with Crippen LogP contribution in [-0.2, 0) is 11.2 Å². The number of rotatable bonds is 9. The Kier molecular flexibility index (Phi) is 6.84. The Morgan fingerprint density at radius 3 is 2.48 bits per heavy atom. The van der Waals surface area contributed by atoms with Gasteiger partial charge in [-0.2, -0.15) is 0 Å². The molecule has 1 saturated heterocycles. The summed E-state index contributed by atoms with van der Waals surface area (Å²) >= 11 is 0. The van der Waals surface area contributed by atoms with Crippen molar-refractivity contribution >= 4 is 5.91 Å². The van der Waals surface area contributed by atoms with Gasteiger partial charge in [0.15, 0.2) is 0 Å². The highest BCUT2D eigenvalue weighted by Crippen LogP contribution is 2.29. The van der Waals surface area contributed by atoms with E-state index in [9.17, 15) is 4.79 Å².